The number of methoxy groups -OCH3 is 1. The molecular weight excluding hydrogens is 346 g/mol. The van der Waals surface area contributed by atoms with Crippen LogP contribution in [0.4, 0.5) is 0 Å². The summed E-state index contributed by atoms with van der Waals surface area (Å²) >= 11 is 1.64. The van der Waals surface area contributed by atoms with Crippen LogP contribution in [0.1, 0.15) is 43.2 Å². The number of rotatable bonds is 5. The molecule has 3 aromatic rings. The van der Waals surface area contributed by atoms with Gasteiger partial charge in [0.05, 0.1) is 13.7 Å². The van der Waals surface area contributed by atoms with Gasteiger partial charge in [-0.25, -0.2) is 0 Å². The number of hydrogen-bond donors (Lipinski definition) is 0. The normalized spacial score (nSPS) is 18.6. The summed E-state index contributed by atoms with van der Waals surface area (Å²) < 4.78 is 10.8. The number of aromatic nitrogens is 2. The molecule has 0 saturated carbocycles. The second-order valence-corrected chi connectivity index (χ2v) is 7.41. The van der Waals surface area contributed by atoms with Crippen LogP contribution in [0, 0.1) is 0 Å². The molecule has 136 valence electrons. The van der Waals surface area contributed by atoms with Gasteiger partial charge in [-0.1, -0.05) is 30.1 Å². The largest absolute Gasteiger partial charge is 0.497 e. The van der Waals surface area contributed by atoms with E-state index in [1.807, 2.05) is 29.0 Å². The lowest BCUT2D eigenvalue weighted by atomic mass is 10.0. The summed E-state index contributed by atoms with van der Waals surface area (Å²) in [4.78, 5) is 7.07. The lowest BCUT2D eigenvalue weighted by molar-refractivity contribution is 0.168. The molecule has 26 heavy (non-hydrogen) atoms. The third-order valence-corrected chi connectivity index (χ3v) is 5.63. The molecule has 0 amide bonds. The van der Waals surface area contributed by atoms with Crippen molar-refractivity contribution in [1.29, 1.82) is 0 Å². The molecule has 5 nitrogen and oxygen atoms in total. The number of thiophene rings is 1. The molecule has 4 rings (SSSR count). The fourth-order valence-corrected chi connectivity index (χ4v) is 4.20. The number of ether oxygens (including phenoxy) is 1. The molecule has 1 atom stereocenters. The zero-order valence-corrected chi connectivity index (χ0v) is 15.7. The topological polar surface area (TPSA) is 51.4 Å². The van der Waals surface area contributed by atoms with Crippen molar-refractivity contribution in [2.24, 2.45) is 0 Å². The Bertz CT molecular complexity index is 814. The van der Waals surface area contributed by atoms with E-state index in [0.29, 0.717) is 24.3 Å². The van der Waals surface area contributed by atoms with Crippen LogP contribution in [-0.2, 0) is 6.54 Å². The number of hydrogen-bond acceptors (Lipinski definition) is 6. The fourth-order valence-electron chi connectivity index (χ4n) is 3.56. The van der Waals surface area contributed by atoms with E-state index in [2.05, 4.69) is 27.2 Å². The Morgan fingerprint density at radius 2 is 2.08 bits per heavy atom. The van der Waals surface area contributed by atoms with Crippen LogP contribution in [0.15, 0.2) is 45.6 Å². The second kappa shape index (κ2) is 8.01. The fraction of sp³-hybridized carbons (Fsp3) is 0.400. The minimum atomic E-state index is 0.375. The van der Waals surface area contributed by atoms with Gasteiger partial charge in [-0.2, -0.15) is 16.3 Å². The first-order valence-corrected chi connectivity index (χ1v) is 10.0. The van der Waals surface area contributed by atoms with Gasteiger partial charge in [0.2, 0.25) is 11.7 Å². The zero-order chi connectivity index (χ0) is 17.8. The van der Waals surface area contributed by atoms with E-state index < -0.39 is 0 Å². The first kappa shape index (κ1) is 17.2. The summed E-state index contributed by atoms with van der Waals surface area (Å²) in [6, 6.07) is 10.8. The Labute approximate surface area is 157 Å². The molecule has 1 saturated heterocycles. The minimum Gasteiger partial charge on any atom is -0.497 e. The van der Waals surface area contributed by atoms with Crippen molar-refractivity contribution in [2.45, 2.75) is 38.3 Å². The molecular formula is C20H23N3O2S. The van der Waals surface area contributed by atoms with E-state index in [1.165, 1.54) is 24.8 Å². The highest BCUT2D eigenvalue weighted by Gasteiger charge is 2.24. The first-order chi connectivity index (χ1) is 12.8. The van der Waals surface area contributed by atoms with Crippen molar-refractivity contribution in [2.75, 3.05) is 13.7 Å². The molecule has 0 N–H and O–H groups in total. The third kappa shape index (κ3) is 3.81. The lowest BCUT2D eigenvalue weighted by Gasteiger charge is -2.29. The van der Waals surface area contributed by atoms with Crippen molar-refractivity contribution < 1.29 is 9.26 Å². The Kier molecular flexibility index (Phi) is 5.32. The predicted octanol–water partition coefficient (Wildman–Crippen LogP) is 4.92. The van der Waals surface area contributed by atoms with Crippen molar-refractivity contribution in [1.82, 2.24) is 15.0 Å². The van der Waals surface area contributed by atoms with Crippen molar-refractivity contribution in [3.05, 3.63) is 52.5 Å². The molecule has 2 aromatic heterocycles. The highest BCUT2D eigenvalue weighted by molar-refractivity contribution is 7.08. The van der Waals surface area contributed by atoms with Gasteiger partial charge in [0.25, 0.3) is 0 Å². The average molecular weight is 369 g/mol. The maximum atomic E-state index is 5.53. The maximum absolute atomic E-state index is 5.53. The van der Waals surface area contributed by atoms with Gasteiger partial charge in [-0.3, -0.25) is 4.90 Å². The molecule has 0 spiro atoms. The number of benzene rings is 1. The molecule has 0 radical (unpaired) electrons. The summed E-state index contributed by atoms with van der Waals surface area (Å²) in [5.74, 6) is 2.26. The van der Waals surface area contributed by atoms with Crippen LogP contribution in [0.25, 0.3) is 11.4 Å². The smallest absolute Gasteiger partial charge is 0.241 e. The first-order valence-electron chi connectivity index (χ1n) is 9.06. The van der Waals surface area contributed by atoms with Crippen LogP contribution >= 0.6 is 11.3 Å². The quantitative estimate of drug-likeness (QED) is 0.639. The minimum absolute atomic E-state index is 0.375. The third-order valence-electron chi connectivity index (χ3n) is 4.95. The van der Waals surface area contributed by atoms with Gasteiger partial charge in [-0.05, 0) is 48.5 Å². The molecule has 0 bridgehead atoms. The van der Waals surface area contributed by atoms with Gasteiger partial charge >= 0.3 is 0 Å². The Hall–Kier alpha value is -2.18. The summed E-state index contributed by atoms with van der Waals surface area (Å²) in [7, 11) is 1.70. The van der Waals surface area contributed by atoms with Crippen molar-refractivity contribution in [3.63, 3.8) is 0 Å². The highest BCUT2D eigenvalue weighted by atomic mass is 32.1. The Morgan fingerprint density at radius 1 is 1.19 bits per heavy atom. The van der Waals surface area contributed by atoms with E-state index in [1.54, 1.807) is 18.4 Å². The molecule has 6 heteroatoms. The van der Waals surface area contributed by atoms with E-state index in [9.17, 15) is 0 Å². The van der Waals surface area contributed by atoms with Crippen molar-refractivity contribution in [3.8, 4) is 17.1 Å². The Morgan fingerprint density at radius 3 is 2.85 bits per heavy atom. The SMILES string of the molecule is COc1ccc([C@H]2CCCCCN2Cc2nc(-c3ccsc3)no2)cc1. The van der Waals surface area contributed by atoms with E-state index in [4.69, 9.17) is 9.26 Å². The molecule has 1 aromatic carbocycles. The molecule has 1 fully saturated rings. The van der Waals surface area contributed by atoms with Crippen LogP contribution in [-0.4, -0.2) is 28.7 Å². The maximum Gasteiger partial charge on any atom is 0.241 e. The van der Waals surface area contributed by atoms with Crippen molar-refractivity contribution >= 4 is 11.3 Å². The standard InChI is InChI=1S/C20H23N3O2S/c1-24-17-8-6-15(7-9-17)18-5-3-2-4-11-23(18)13-19-21-20(22-25-19)16-10-12-26-14-16/h6-10,12,14,18H,2-5,11,13H2,1H3/t18-/m1/s1. The van der Waals surface area contributed by atoms with Gasteiger partial charge in [-0.15, -0.1) is 0 Å². The zero-order valence-electron chi connectivity index (χ0n) is 14.9. The summed E-state index contributed by atoms with van der Waals surface area (Å²) in [5.41, 5.74) is 2.35. The molecule has 0 unspecified atom stereocenters. The molecule has 3 heterocycles. The number of nitrogens with zero attached hydrogens (tertiary/aromatic N) is 3. The van der Waals surface area contributed by atoms with Crippen LogP contribution < -0.4 is 4.74 Å². The van der Waals surface area contributed by atoms with Gasteiger partial charge in [0.15, 0.2) is 0 Å². The van der Waals surface area contributed by atoms with Gasteiger partial charge < -0.3 is 9.26 Å². The van der Waals surface area contributed by atoms with Crippen LogP contribution in [0.5, 0.6) is 5.75 Å². The monoisotopic (exact) mass is 369 g/mol. The van der Waals surface area contributed by atoms with Gasteiger partial charge in [0, 0.05) is 17.0 Å². The molecule has 1 aliphatic heterocycles. The van der Waals surface area contributed by atoms with E-state index >= 15 is 0 Å². The van der Waals surface area contributed by atoms with Crippen LogP contribution in [0.3, 0.4) is 0 Å². The summed E-state index contributed by atoms with van der Waals surface area (Å²) in [6.45, 7) is 1.74. The van der Waals surface area contributed by atoms with Gasteiger partial charge in [0.1, 0.15) is 5.75 Å². The van der Waals surface area contributed by atoms with Crippen LogP contribution in [0.2, 0.25) is 0 Å². The predicted molar refractivity (Wildman–Crippen MR) is 102 cm³/mol. The second-order valence-electron chi connectivity index (χ2n) is 6.63. The Balaban J connectivity index is 1.53. The molecule has 1 aliphatic rings. The number of likely N-dealkylation sites (tertiary alicyclic amines) is 1. The summed E-state index contributed by atoms with van der Waals surface area (Å²) in [5, 5.41) is 8.22. The van der Waals surface area contributed by atoms with E-state index in [0.717, 1.165) is 24.3 Å². The summed E-state index contributed by atoms with van der Waals surface area (Å²) in [6.07, 6.45) is 4.88. The molecule has 0 aliphatic carbocycles. The highest BCUT2D eigenvalue weighted by Crippen LogP contribution is 2.32. The average Bonchev–Trinajstić information content (AvgIpc) is 3.31. The lowest BCUT2D eigenvalue weighted by Crippen LogP contribution is -2.28. The van der Waals surface area contributed by atoms with E-state index in [-0.39, 0.29) is 0 Å².